The molecule has 0 fully saturated rings. The van der Waals surface area contributed by atoms with Gasteiger partial charge in [0.1, 0.15) is 23.6 Å². The van der Waals surface area contributed by atoms with Gasteiger partial charge in [-0.25, -0.2) is 15.0 Å². The van der Waals surface area contributed by atoms with Crippen molar-refractivity contribution in [2.75, 3.05) is 0 Å². The summed E-state index contributed by atoms with van der Waals surface area (Å²) in [5, 5.41) is 10.6. The van der Waals surface area contributed by atoms with Crippen LogP contribution in [-0.2, 0) is 0 Å². The first-order valence-corrected chi connectivity index (χ1v) is 3.97. The smallest absolute Gasteiger partial charge is 0.258 e. The molecule has 0 amide bonds. The van der Waals surface area contributed by atoms with Gasteiger partial charge in [0.25, 0.3) is 5.69 Å². The van der Waals surface area contributed by atoms with E-state index in [1.165, 1.54) is 12.4 Å². The van der Waals surface area contributed by atoms with E-state index in [2.05, 4.69) is 15.0 Å². The predicted molar refractivity (Wildman–Crippen MR) is 49.0 cm³/mol. The average molecular weight is 211 g/mol. The molecule has 2 rings (SSSR count). The largest absolute Gasteiger partial charge is 0.289 e. The third-order valence-corrected chi connectivity index (χ3v) is 1.90. The molecule has 0 radical (unpaired) electrons. The van der Waals surface area contributed by atoms with Crippen LogP contribution in [0.3, 0.4) is 0 Å². The highest BCUT2D eigenvalue weighted by atomic mass is 35.5. The van der Waals surface area contributed by atoms with Gasteiger partial charge in [-0.3, -0.25) is 10.1 Å². The Morgan fingerprint density at radius 3 is 2.86 bits per heavy atom. The third-order valence-electron chi connectivity index (χ3n) is 1.63. The summed E-state index contributed by atoms with van der Waals surface area (Å²) < 4.78 is 0. The number of halogens is 1. The SMILES string of the molecule is O=[N+]([O-])c1cnc2c(Cl)ncnc2c1. The molecular formula is C7H3ClN4O2. The van der Waals surface area contributed by atoms with Crippen molar-refractivity contribution in [1.82, 2.24) is 15.0 Å². The Kier molecular flexibility index (Phi) is 1.97. The number of hydrogen-bond acceptors (Lipinski definition) is 5. The Labute approximate surface area is 82.7 Å². The van der Waals surface area contributed by atoms with Crippen LogP contribution in [-0.4, -0.2) is 19.9 Å². The molecule has 0 saturated carbocycles. The second kappa shape index (κ2) is 3.15. The Balaban J connectivity index is 2.73. The van der Waals surface area contributed by atoms with Crippen LogP contribution in [0.2, 0.25) is 5.15 Å². The second-order valence-corrected chi connectivity index (χ2v) is 2.84. The van der Waals surface area contributed by atoms with Crippen LogP contribution in [0, 0.1) is 10.1 Å². The van der Waals surface area contributed by atoms with E-state index >= 15 is 0 Å². The van der Waals surface area contributed by atoms with E-state index in [1.54, 1.807) is 0 Å². The molecule has 0 aliphatic rings. The van der Waals surface area contributed by atoms with Crippen molar-refractivity contribution in [3.05, 3.63) is 33.9 Å². The highest BCUT2D eigenvalue weighted by molar-refractivity contribution is 6.33. The summed E-state index contributed by atoms with van der Waals surface area (Å²) in [6.45, 7) is 0. The van der Waals surface area contributed by atoms with Crippen LogP contribution in [0.1, 0.15) is 0 Å². The van der Waals surface area contributed by atoms with Gasteiger partial charge >= 0.3 is 0 Å². The maximum absolute atomic E-state index is 10.4. The lowest BCUT2D eigenvalue weighted by Gasteiger charge is -1.96. The molecule has 14 heavy (non-hydrogen) atoms. The quantitative estimate of drug-likeness (QED) is 0.406. The molecule has 7 heteroatoms. The van der Waals surface area contributed by atoms with Crippen LogP contribution < -0.4 is 0 Å². The lowest BCUT2D eigenvalue weighted by Crippen LogP contribution is -1.92. The third kappa shape index (κ3) is 1.35. The first-order valence-electron chi connectivity index (χ1n) is 3.59. The summed E-state index contributed by atoms with van der Waals surface area (Å²) in [6.07, 6.45) is 2.35. The van der Waals surface area contributed by atoms with E-state index in [-0.39, 0.29) is 10.8 Å². The molecule has 6 nitrogen and oxygen atoms in total. The zero-order chi connectivity index (χ0) is 10.1. The molecule has 0 aliphatic heterocycles. The minimum atomic E-state index is -0.539. The van der Waals surface area contributed by atoms with E-state index in [0.29, 0.717) is 11.0 Å². The Morgan fingerprint density at radius 2 is 2.14 bits per heavy atom. The summed E-state index contributed by atoms with van der Waals surface area (Å²) in [4.78, 5) is 21.2. The monoisotopic (exact) mass is 210 g/mol. The second-order valence-electron chi connectivity index (χ2n) is 2.48. The Morgan fingerprint density at radius 1 is 1.36 bits per heavy atom. The van der Waals surface area contributed by atoms with Gasteiger partial charge in [0.2, 0.25) is 0 Å². The van der Waals surface area contributed by atoms with E-state index in [0.717, 1.165) is 6.20 Å². The fraction of sp³-hybridized carbons (Fsp3) is 0. The fourth-order valence-corrected chi connectivity index (χ4v) is 1.19. The van der Waals surface area contributed by atoms with Gasteiger partial charge in [-0.1, -0.05) is 11.6 Å². The van der Waals surface area contributed by atoms with Crippen LogP contribution in [0.5, 0.6) is 0 Å². The van der Waals surface area contributed by atoms with E-state index in [9.17, 15) is 10.1 Å². The van der Waals surface area contributed by atoms with Crippen molar-refractivity contribution < 1.29 is 4.92 Å². The molecule has 0 unspecified atom stereocenters. The van der Waals surface area contributed by atoms with Crippen molar-refractivity contribution in [2.24, 2.45) is 0 Å². The number of nitrogens with zero attached hydrogens (tertiary/aromatic N) is 4. The summed E-state index contributed by atoms with van der Waals surface area (Å²) in [5.74, 6) is 0. The highest BCUT2D eigenvalue weighted by Crippen LogP contribution is 2.20. The summed E-state index contributed by atoms with van der Waals surface area (Å²) >= 11 is 5.71. The minimum absolute atomic E-state index is 0.118. The Hall–Kier alpha value is -1.82. The lowest BCUT2D eigenvalue weighted by molar-refractivity contribution is -0.385. The molecule has 2 aromatic heterocycles. The number of hydrogen-bond donors (Lipinski definition) is 0. The van der Waals surface area contributed by atoms with Crippen LogP contribution >= 0.6 is 11.6 Å². The summed E-state index contributed by atoms with van der Waals surface area (Å²) in [5.41, 5.74) is 0.603. The zero-order valence-electron chi connectivity index (χ0n) is 6.72. The van der Waals surface area contributed by atoms with Gasteiger partial charge in [-0.15, -0.1) is 0 Å². The Bertz CT molecular complexity index is 516. The van der Waals surface area contributed by atoms with Gasteiger partial charge in [0, 0.05) is 6.07 Å². The standard InChI is InChI=1S/C7H3ClN4O2/c8-7-6-5(10-3-11-7)1-4(2-9-6)12(13)14/h1-3H. The average Bonchev–Trinajstić information content (AvgIpc) is 2.17. The number of fused-ring (bicyclic) bond motifs is 1. The molecule has 0 N–H and O–H groups in total. The van der Waals surface area contributed by atoms with Gasteiger partial charge in [0.15, 0.2) is 5.15 Å². The minimum Gasteiger partial charge on any atom is -0.258 e. The van der Waals surface area contributed by atoms with Crippen molar-refractivity contribution in [1.29, 1.82) is 0 Å². The molecule has 2 heterocycles. The van der Waals surface area contributed by atoms with E-state index < -0.39 is 4.92 Å². The summed E-state index contributed by atoms with van der Waals surface area (Å²) in [6, 6.07) is 1.30. The molecule has 0 aliphatic carbocycles. The van der Waals surface area contributed by atoms with Gasteiger partial charge < -0.3 is 0 Å². The molecule has 0 atom stereocenters. The number of pyridine rings is 1. The van der Waals surface area contributed by atoms with Gasteiger partial charge in [-0.05, 0) is 0 Å². The first kappa shape index (κ1) is 8.76. The number of aromatic nitrogens is 3. The molecular weight excluding hydrogens is 208 g/mol. The number of rotatable bonds is 1. The van der Waals surface area contributed by atoms with E-state index in [4.69, 9.17) is 11.6 Å². The highest BCUT2D eigenvalue weighted by Gasteiger charge is 2.09. The predicted octanol–water partition coefficient (Wildman–Crippen LogP) is 1.59. The molecule has 0 bridgehead atoms. The van der Waals surface area contributed by atoms with E-state index in [1.807, 2.05) is 0 Å². The molecule has 0 spiro atoms. The van der Waals surface area contributed by atoms with Crippen molar-refractivity contribution in [3.63, 3.8) is 0 Å². The fourth-order valence-electron chi connectivity index (χ4n) is 1.00. The first-order chi connectivity index (χ1) is 6.68. The molecule has 70 valence electrons. The normalized spacial score (nSPS) is 10.4. The summed E-state index contributed by atoms with van der Waals surface area (Å²) in [7, 11) is 0. The molecule has 2 aromatic rings. The van der Waals surface area contributed by atoms with Crippen molar-refractivity contribution in [2.45, 2.75) is 0 Å². The zero-order valence-corrected chi connectivity index (χ0v) is 7.47. The van der Waals surface area contributed by atoms with Crippen molar-refractivity contribution >= 4 is 28.3 Å². The van der Waals surface area contributed by atoms with Crippen LogP contribution in [0.25, 0.3) is 11.0 Å². The van der Waals surface area contributed by atoms with Gasteiger partial charge in [0.05, 0.1) is 4.92 Å². The maximum atomic E-state index is 10.4. The van der Waals surface area contributed by atoms with Crippen LogP contribution in [0.4, 0.5) is 5.69 Å². The van der Waals surface area contributed by atoms with Gasteiger partial charge in [-0.2, -0.15) is 0 Å². The van der Waals surface area contributed by atoms with Crippen LogP contribution in [0.15, 0.2) is 18.6 Å². The van der Waals surface area contributed by atoms with Crippen molar-refractivity contribution in [3.8, 4) is 0 Å². The lowest BCUT2D eigenvalue weighted by atomic mass is 10.3. The number of nitro groups is 1. The molecule has 0 saturated heterocycles. The topological polar surface area (TPSA) is 81.8 Å². The molecule has 0 aromatic carbocycles. The maximum Gasteiger partial charge on any atom is 0.289 e.